The standard InChI is InChI=1S/C25H30N2O5/c1-3-32-25(31)20(14-13-17-9-5-4-6-10-17)26-16(2)23(28)22-19-12-8-7-11-18(19)15-21(27-22)24(29)30/h4-12,16,20-22,26-27H,3,13-15H2,1-2H3,(H,29,30). The number of carbonyl (C=O) groups is 3. The highest BCUT2D eigenvalue weighted by molar-refractivity contribution is 5.92. The lowest BCUT2D eigenvalue weighted by molar-refractivity contribution is -0.146. The molecule has 32 heavy (non-hydrogen) atoms. The number of hydrogen-bond acceptors (Lipinski definition) is 6. The quantitative estimate of drug-likeness (QED) is 0.490. The molecular formula is C25H30N2O5. The maximum atomic E-state index is 13.3. The number of esters is 1. The Morgan fingerprint density at radius 2 is 1.81 bits per heavy atom. The minimum atomic E-state index is -0.995. The van der Waals surface area contributed by atoms with Crippen LogP contribution in [-0.4, -0.2) is 47.6 Å². The van der Waals surface area contributed by atoms with Gasteiger partial charge in [0.2, 0.25) is 0 Å². The van der Waals surface area contributed by atoms with Crippen molar-refractivity contribution in [1.29, 1.82) is 0 Å². The lowest BCUT2D eigenvalue weighted by atomic mass is 9.86. The highest BCUT2D eigenvalue weighted by atomic mass is 16.5. The van der Waals surface area contributed by atoms with Gasteiger partial charge >= 0.3 is 11.9 Å². The molecule has 3 rings (SSSR count). The third kappa shape index (κ3) is 5.81. The van der Waals surface area contributed by atoms with Crippen molar-refractivity contribution in [3.63, 3.8) is 0 Å². The van der Waals surface area contributed by atoms with E-state index in [1.165, 1.54) is 0 Å². The highest BCUT2D eigenvalue weighted by Gasteiger charge is 2.36. The predicted octanol–water partition coefficient (Wildman–Crippen LogP) is 2.44. The van der Waals surface area contributed by atoms with Crippen LogP contribution in [0.3, 0.4) is 0 Å². The van der Waals surface area contributed by atoms with Gasteiger partial charge in [-0.25, -0.2) is 0 Å². The van der Waals surface area contributed by atoms with Crippen molar-refractivity contribution in [3.05, 3.63) is 71.3 Å². The van der Waals surface area contributed by atoms with E-state index in [0.29, 0.717) is 19.3 Å². The third-order valence-corrected chi connectivity index (χ3v) is 5.75. The summed E-state index contributed by atoms with van der Waals surface area (Å²) in [5, 5.41) is 15.6. The van der Waals surface area contributed by atoms with Gasteiger partial charge in [0.1, 0.15) is 12.1 Å². The number of aryl methyl sites for hydroxylation is 1. The Morgan fingerprint density at radius 1 is 1.12 bits per heavy atom. The molecule has 0 saturated heterocycles. The second-order valence-corrected chi connectivity index (χ2v) is 8.01. The summed E-state index contributed by atoms with van der Waals surface area (Å²) in [5.41, 5.74) is 2.71. The number of carboxylic acid groups (broad SMARTS) is 1. The van der Waals surface area contributed by atoms with E-state index in [-0.39, 0.29) is 12.4 Å². The molecule has 2 aromatic carbocycles. The maximum Gasteiger partial charge on any atom is 0.323 e. The summed E-state index contributed by atoms with van der Waals surface area (Å²) < 4.78 is 5.22. The average Bonchev–Trinajstić information content (AvgIpc) is 2.81. The fourth-order valence-corrected chi connectivity index (χ4v) is 4.07. The minimum absolute atomic E-state index is 0.211. The molecule has 4 unspecified atom stereocenters. The Bertz CT molecular complexity index is 946. The first-order valence-corrected chi connectivity index (χ1v) is 11.0. The van der Waals surface area contributed by atoms with Crippen LogP contribution in [0.25, 0.3) is 0 Å². The van der Waals surface area contributed by atoms with Gasteiger partial charge in [-0.2, -0.15) is 0 Å². The Hall–Kier alpha value is -3.03. The first-order chi connectivity index (χ1) is 15.4. The summed E-state index contributed by atoms with van der Waals surface area (Å²) >= 11 is 0. The number of benzene rings is 2. The summed E-state index contributed by atoms with van der Waals surface area (Å²) in [5.74, 6) is -1.61. The van der Waals surface area contributed by atoms with Gasteiger partial charge < -0.3 is 9.84 Å². The van der Waals surface area contributed by atoms with E-state index in [9.17, 15) is 19.5 Å². The van der Waals surface area contributed by atoms with Crippen LogP contribution in [0.15, 0.2) is 54.6 Å². The Balaban J connectivity index is 1.74. The largest absolute Gasteiger partial charge is 0.480 e. The van der Waals surface area contributed by atoms with Crippen molar-refractivity contribution in [1.82, 2.24) is 10.6 Å². The Kier molecular flexibility index (Phi) is 8.14. The summed E-state index contributed by atoms with van der Waals surface area (Å²) in [4.78, 5) is 37.5. The van der Waals surface area contributed by atoms with Gasteiger partial charge in [0.05, 0.1) is 18.7 Å². The molecule has 170 valence electrons. The molecule has 0 aromatic heterocycles. The molecule has 0 radical (unpaired) electrons. The van der Waals surface area contributed by atoms with Crippen LogP contribution in [0.4, 0.5) is 0 Å². The van der Waals surface area contributed by atoms with Crippen molar-refractivity contribution >= 4 is 17.7 Å². The number of carboxylic acids is 1. The fraction of sp³-hybridized carbons (Fsp3) is 0.400. The molecule has 0 fully saturated rings. The number of fused-ring (bicyclic) bond motifs is 1. The maximum absolute atomic E-state index is 13.3. The highest BCUT2D eigenvalue weighted by Crippen LogP contribution is 2.27. The molecular weight excluding hydrogens is 408 g/mol. The van der Waals surface area contributed by atoms with Gasteiger partial charge in [0, 0.05) is 0 Å². The smallest absolute Gasteiger partial charge is 0.323 e. The summed E-state index contributed by atoms with van der Waals surface area (Å²) in [6.45, 7) is 3.70. The molecule has 0 spiro atoms. The van der Waals surface area contributed by atoms with E-state index < -0.39 is 36.1 Å². The molecule has 1 heterocycles. The monoisotopic (exact) mass is 438 g/mol. The lowest BCUT2D eigenvalue weighted by Gasteiger charge is -2.32. The molecule has 4 atom stereocenters. The van der Waals surface area contributed by atoms with Gasteiger partial charge in [-0.05, 0) is 49.8 Å². The zero-order chi connectivity index (χ0) is 23.1. The minimum Gasteiger partial charge on any atom is -0.480 e. The number of rotatable bonds is 10. The predicted molar refractivity (Wildman–Crippen MR) is 120 cm³/mol. The average molecular weight is 439 g/mol. The molecule has 0 bridgehead atoms. The van der Waals surface area contributed by atoms with Crippen LogP contribution in [0.2, 0.25) is 0 Å². The summed E-state index contributed by atoms with van der Waals surface area (Å²) in [6, 6.07) is 14.2. The normalized spacial score (nSPS) is 19.4. The Morgan fingerprint density at radius 3 is 2.50 bits per heavy atom. The van der Waals surface area contributed by atoms with Gasteiger partial charge in [0.15, 0.2) is 5.78 Å². The summed E-state index contributed by atoms with van der Waals surface area (Å²) in [6.07, 6.45) is 1.45. The van der Waals surface area contributed by atoms with Gasteiger partial charge in [0.25, 0.3) is 0 Å². The zero-order valence-corrected chi connectivity index (χ0v) is 18.4. The third-order valence-electron chi connectivity index (χ3n) is 5.75. The number of ether oxygens (including phenoxy) is 1. The zero-order valence-electron chi connectivity index (χ0n) is 18.4. The van der Waals surface area contributed by atoms with Crippen molar-refractivity contribution in [2.75, 3.05) is 6.61 Å². The van der Waals surface area contributed by atoms with E-state index in [4.69, 9.17) is 4.74 Å². The van der Waals surface area contributed by atoms with E-state index in [0.717, 1.165) is 16.7 Å². The van der Waals surface area contributed by atoms with Crippen molar-refractivity contribution in [3.8, 4) is 0 Å². The van der Waals surface area contributed by atoms with Gasteiger partial charge in [-0.15, -0.1) is 0 Å². The number of hydrogen-bond donors (Lipinski definition) is 3. The molecule has 0 saturated carbocycles. The molecule has 7 nitrogen and oxygen atoms in total. The van der Waals surface area contributed by atoms with Crippen LogP contribution < -0.4 is 10.6 Å². The first-order valence-electron chi connectivity index (χ1n) is 11.0. The number of Topliss-reactive ketones (excluding diaryl/α,β-unsaturated/α-hetero) is 1. The van der Waals surface area contributed by atoms with Gasteiger partial charge in [-0.3, -0.25) is 25.0 Å². The summed E-state index contributed by atoms with van der Waals surface area (Å²) in [7, 11) is 0. The van der Waals surface area contributed by atoms with E-state index >= 15 is 0 Å². The van der Waals surface area contributed by atoms with Crippen molar-refractivity contribution in [2.45, 2.75) is 57.3 Å². The molecule has 7 heteroatoms. The van der Waals surface area contributed by atoms with E-state index in [1.807, 2.05) is 54.6 Å². The van der Waals surface area contributed by atoms with Crippen molar-refractivity contribution < 1.29 is 24.2 Å². The second kappa shape index (κ2) is 11.0. The SMILES string of the molecule is CCOC(=O)C(CCc1ccccc1)NC(C)C(=O)C1NC(C(=O)O)Cc2ccccc21. The molecule has 1 aliphatic heterocycles. The van der Waals surface area contributed by atoms with Gasteiger partial charge in [-0.1, -0.05) is 54.6 Å². The molecule has 0 amide bonds. The van der Waals surface area contributed by atoms with E-state index in [1.54, 1.807) is 13.8 Å². The molecule has 0 aliphatic carbocycles. The molecule has 2 aromatic rings. The number of nitrogens with one attached hydrogen (secondary N) is 2. The number of aliphatic carboxylic acids is 1. The number of carbonyl (C=O) groups excluding carboxylic acids is 2. The molecule has 1 aliphatic rings. The topological polar surface area (TPSA) is 105 Å². The van der Waals surface area contributed by atoms with Crippen LogP contribution in [0, 0.1) is 0 Å². The van der Waals surface area contributed by atoms with Crippen LogP contribution >= 0.6 is 0 Å². The van der Waals surface area contributed by atoms with Crippen LogP contribution in [0.5, 0.6) is 0 Å². The van der Waals surface area contributed by atoms with Crippen LogP contribution in [-0.2, 0) is 32.0 Å². The van der Waals surface area contributed by atoms with Crippen molar-refractivity contribution in [2.24, 2.45) is 0 Å². The lowest BCUT2D eigenvalue weighted by Crippen LogP contribution is -2.53. The van der Waals surface area contributed by atoms with Crippen LogP contribution in [0.1, 0.15) is 43.0 Å². The van der Waals surface area contributed by atoms with E-state index in [2.05, 4.69) is 10.6 Å². The Labute approximate surface area is 188 Å². The fourth-order valence-electron chi connectivity index (χ4n) is 4.07. The molecule has 3 N–H and O–H groups in total. The number of ketones is 1. The second-order valence-electron chi connectivity index (χ2n) is 8.01. The first kappa shape index (κ1) is 23.6.